The van der Waals surface area contributed by atoms with Gasteiger partial charge in [0, 0.05) is 25.6 Å². The summed E-state index contributed by atoms with van der Waals surface area (Å²) >= 11 is 0. The number of benzene rings is 2. The molecule has 0 saturated carbocycles. The van der Waals surface area contributed by atoms with Gasteiger partial charge in [-0.1, -0.05) is 61.9 Å². The standard InChI is InChI=1S/C22H28N2O.C7H10N2/c1-4-6-16-24-17-23-22(5-2,19-10-8-7-9-11-19)21(24)18-12-14-20(25-3)15-13-18;8-4-1-7-2-5-9-6-3-7/h5,7-15,21,23H,2,4,6,16-17H2,1,3H3;2-3,5-6H,1,4,8H2. The number of nitrogens with two attached hydrogens (primary N) is 1. The molecular weight excluding hydrogens is 420 g/mol. The van der Waals surface area contributed by atoms with Crippen LogP contribution < -0.4 is 15.8 Å². The second kappa shape index (κ2) is 13.0. The topological polar surface area (TPSA) is 63.4 Å². The molecule has 1 fully saturated rings. The minimum atomic E-state index is -0.288. The Bertz CT molecular complexity index is 978. The summed E-state index contributed by atoms with van der Waals surface area (Å²) < 4.78 is 5.34. The lowest BCUT2D eigenvalue weighted by Gasteiger charge is -2.36. The molecule has 4 rings (SSSR count). The highest BCUT2D eigenvalue weighted by Crippen LogP contribution is 2.44. The van der Waals surface area contributed by atoms with E-state index in [2.05, 4.69) is 77.2 Å². The zero-order valence-corrected chi connectivity index (χ0v) is 20.5. The number of hydrogen-bond acceptors (Lipinski definition) is 5. The number of aromatic nitrogens is 1. The third-order valence-electron chi connectivity index (χ3n) is 6.36. The molecule has 1 saturated heterocycles. The summed E-state index contributed by atoms with van der Waals surface area (Å²) in [6.45, 7) is 9.08. The lowest BCUT2D eigenvalue weighted by atomic mass is 9.80. The summed E-state index contributed by atoms with van der Waals surface area (Å²) in [6, 6.07) is 23.3. The van der Waals surface area contributed by atoms with Gasteiger partial charge in [0.25, 0.3) is 0 Å². The highest BCUT2D eigenvalue weighted by Gasteiger charge is 2.46. The molecule has 0 bridgehead atoms. The molecule has 2 unspecified atom stereocenters. The van der Waals surface area contributed by atoms with E-state index in [-0.39, 0.29) is 11.6 Å². The lowest BCUT2D eigenvalue weighted by Crippen LogP contribution is -2.40. The molecule has 5 nitrogen and oxygen atoms in total. The summed E-state index contributed by atoms with van der Waals surface area (Å²) in [5, 5.41) is 3.75. The monoisotopic (exact) mass is 458 g/mol. The molecule has 2 atom stereocenters. The van der Waals surface area contributed by atoms with Crippen LogP contribution in [0.2, 0.25) is 0 Å². The zero-order valence-electron chi connectivity index (χ0n) is 20.5. The first-order valence-electron chi connectivity index (χ1n) is 12.1. The molecule has 1 aromatic heterocycles. The molecule has 0 amide bonds. The number of unbranched alkanes of at least 4 members (excludes halogenated alkanes) is 1. The van der Waals surface area contributed by atoms with Crippen LogP contribution in [-0.4, -0.2) is 36.8 Å². The van der Waals surface area contributed by atoms with Crippen molar-refractivity contribution in [1.29, 1.82) is 0 Å². The minimum absolute atomic E-state index is 0.213. The van der Waals surface area contributed by atoms with Crippen LogP contribution in [0.4, 0.5) is 0 Å². The van der Waals surface area contributed by atoms with Gasteiger partial charge in [-0.05, 0) is 60.3 Å². The number of rotatable bonds is 9. The molecule has 34 heavy (non-hydrogen) atoms. The summed E-state index contributed by atoms with van der Waals surface area (Å²) in [5.74, 6) is 0.888. The van der Waals surface area contributed by atoms with E-state index in [0.717, 1.165) is 25.4 Å². The van der Waals surface area contributed by atoms with Crippen LogP contribution in [0.3, 0.4) is 0 Å². The van der Waals surface area contributed by atoms with Crippen LogP contribution in [0.5, 0.6) is 5.75 Å². The Morgan fingerprint density at radius 2 is 1.82 bits per heavy atom. The lowest BCUT2D eigenvalue weighted by molar-refractivity contribution is 0.223. The number of nitrogens with zero attached hydrogens (tertiary/aromatic N) is 2. The maximum Gasteiger partial charge on any atom is 0.118 e. The molecule has 180 valence electrons. The average molecular weight is 459 g/mol. The first kappa shape index (κ1) is 25.6. The van der Waals surface area contributed by atoms with Gasteiger partial charge in [-0.15, -0.1) is 6.58 Å². The third kappa shape index (κ3) is 6.11. The fourth-order valence-corrected chi connectivity index (χ4v) is 4.53. The molecule has 5 heteroatoms. The SMILES string of the molecule is C=CC1(c2ccccc2)NCN(CCCC)C1c1ccc(OC)cc1.NCCc1ccncc1. The van der Waals surface area contributed by atoms with Crippen molar-refractivity contribution in [2.24, 2.45) is 5.73 Å². The van der Waals surface area contributed by atoms with Gasteiger partial charge in [0.05, 0.1) is 18.7 Å². The smallest absolute Gasteiger partial charge is 0.118 e. The van der Waals surface area contributed by atoms with Gasteiger partial charge in [0.2, 0.25) is 0 Å². The Kier molecular flexibility index (Phi) is 9.83. The van der Waals surface area contributed by atoms with E-state index in [1.165, 1.54) is 29.5 Å². The normalized spacial score (nSPS) is 19.8. The van der Waals surface area contributed by atoms with E-state index in [9.17, 15) is 0 Å². The molecule has 0 aliphatic carbocycles. The van der Waals surface area contributed by atoms with E-state index in [4.69, 9.17) is 10.5 Å². The Hall–Kier alpha value is -2.99. The van der Waals surface area contributed by atoms with Gasteiger partial charge in [-0.3, -0.25) is 15.2 Å². The van der Waals surface area contributed by atoms with Gasteiger partial charge in [-0.2, -0.15) is 0 Å². The summed E-state index contributed by atoms with van der Waals surface area (Å²) in [5.41, 5.74) is 8.85. The average Bonchev–Trinajstić information content (AvgIpc) is 3.29. The van der Waals surface area contributed by atoms with Crippen molar-refractivity contribution in [3.05, 3.63) is 108 Å². The van der Waals surface area contributed by atoms with Gasteiger partial charge in [0.15, 0.2) is 0 Å². The molecule has 0 spiro atoms. The molecule has 1 aliphatic rings. The summed E-state index contributed by atoms with van der Waals surface area (Å²) in [6.07, 6.45) is 8.97. The predicted octanol–water partition coefficient (Wildman–Crippen LogP) is 5.06. The van der Waals surface area contributed by atoms with E-state index < -0.39 is 0 Å². The van der Waals surface area contributed by atoms with Crippen molar-refractivity contribution in [2.75, 3.05) is 26.9 Å². The maximum atomic E-state index is 5.34. The Labute approximate surface area is 204 Å². The number of ether oxygens (including phenoxy) is 1. The van der Waals surface area contributed by atoms with Crippen molar-refractivity contribution >= 4 is 0 Å². The van der Waals surface area contributed by atoms with Gasteiger partial charge < -0.3 is 10.5 Å². The van der Waals surface area contributed by atoms with Crippen LogP contribution in [0.25, 0.3) is 0 Å². The number of pyridine rings is 1. The molecular formula is C29H38N4O. The van der Waals surface area contributed by atoms with Crippen molar-refractivity contribution < 1.29 is 4.74 Å². The van der Waals surface area contributed by atoms with Gasteiger partial charge in [-0.25, -0.2) is 0 Å². The molecule has 1 aliphatic heterocycles. The van der Waals surface area contributed by atoms with E-state index in [1.54, 1.807) is 19.5 Å². The van der Waals surface area contributed by atoms with Crippen molar-refractivity contribution in [2.45, 2.75) is 37.8 Å². The fourth-order valence-electron chi connectivity index (χ4n) is 4.53. The maximum absolute atomic E-state index is 5.34. The molecule has 2 aromatic carbocycles. The molecule has 3 N–H and O–H groups in total. The van der Waals surface area contributed by atoms with E-state index in [0.29, 0.717) is 6.54 Å². The Morgan fingerprint density at radius 3 is 2.41 bits per heavy atom. The Morgan fingerprint density at radius 1 is 1.12 bits per heavy atom. The van der Waals surface area contributed by atoms with Crippen LogP contribution in [0.15, 0.2) is 91.8 Å². The van der Waals surface area contributed by atoms with E-state index in [1.807, 2.05) is 24.3 Å². The van der Waals surface area contributed by atoms with Crippen LogP contribution in [-0.2, 0) is 12.0 Å². The van der Waals surface area contributed by atoms with Crippen molar-refractivity contribution in [3.8, 4) is 5.75 Å². The quantitative estimate of drug-likeness (QED) is 0.439. The van der Waals surface area contributed by atoms with Crippen molar-refractivity contribution in [1.82, 2.24) is 15.2 Å². The Balaban J connectivity index is 0.000000302. The first-order chi connectivity index (χ1) is 16.7. The zero-order chi connectivity index (χ0) is 24.2. The highest BCUT2D eigenvalue weighted by molar-refractivity contribution is 5.40. The van der Waals surface area contributed by atoms with Crippen LogP contribution in [0.1, 0.15) is 42.5 Å². The largest absolute Gasteiger partial charge is 0.497 e. The predicted molar refractivity (Wildman–Crippen MR) is 141 cm³/mol. The van der Waals surface area contributed by atoms with Crippen molar-refractivity contribution in [3.63, 3.8) is 0 Å². The second-order valence-corrected chi connectivity index (χ2v) is 8.51. The second-order valence-electron chi connectivity index (χ2n) is 8.51. The molecule has 2 heterocycles. The number of hydrogen-bond donors (Lipinski definition) is 2. The van der Waals surface area contributed by atoms with Crippen LogP contribution in [0, 0.1) is 0 Å². The molecule has 3 aromatic rings. The minimum Gasteiger partial charge on any atom is -0.497 e. The number of methoxy groups -OCH3 is 1. The third-order valence-corrected chi connectivity index (χ3v) is 6.36. The number of nitrogens with one attached hydrogen (secondary N) is 1. The van der Waals surface area contributed by atoms with Crippen LogP contribution >= 0.6 is 0 Å². The van der Waals surface area contributed by atoms with Gasteiger partial charge in [0.1, 0.15) is 5.75 Å². The first-order valence-corrected chi connectivity index (χ1v) is 12.1. The summed E-state index contributed by atoms with van der Waals surface area (Å²) in [7, 11) is 1.71. The summed E-state index contributed by atoms with van der Waals surface area (Å²) in [4.78, 5) is 6.41. The van der Waals surface area contributed by atoms with Gasteiger partial charge >= 0.3 is 0 Å². The van der Waals surface area contributed by atoms with E-state index >= 15 is 0 Å². The molecule has 0 radical (unpaired) electrons. The fraction of sp³-hybridized carbons (Fsp3) is 0.345. The highest BCUT2D eigenvalue weighted by atomic mass is 16.5.